The van der Waals surface area contributed by atoms with Gasteiger partial charge >= 0.3 is 0 Å². The summed E-state index contributed by atoms with van der Waals surface area (Å²) in [4.78, 5) is 18.2. The van der Waals surface area contributed by atoms with Crippen molar-refractivity contribution in [2.45, 2.75) is 19.4 Å². The smallest absolute Gasteiger partial charge is 0.272 e. The van der Waals surface area contributed by atoms with Gasteiger partial charge in [0.05, 0.1) is 18.6 Å². The standard InChI is InChI=1S/C11H18N4O/c1-3-4-15(9-5-12-6-9)11(16)10-7-13-8-14(10)2/h7-9,12H,3-6H2,1-2H3. The van der Waals surface area contributed by atoms with Crippen molar-refractivity contribution >= 4 is 5.91 Å². The molecule has 0 saturated carbocycles. The van der Waals surface area contributed by atoms with E-state index in [4.69, 9.17) is 0 Å². The van der Waals surface area contributed by atoms with E-state index in [1.807, 2.05) is 11.9 Å². The minimum Gasteiger partial charge on any atom is -0.332 e. The summed E-state index contributed by atoms with van der Waals surface area (Å²) in [5.74, 6) is 0.0911. The van der Waals surface area contributed by atoms with Crippen molar-refractivity contribution < 1.29 is 4.79 Å². The lowest BCUT2D eigenvalue weighted by Crippen LogP contribution is -2.59. The number of carbonyl (C=O) groups excluding carboxylic acids is 1. The van der Waals surface area contributed by atoms with Crippen LogP contribution < -0.4 is 5.32 Å². The zero-order valence-corrected chi connectivity index (χ0v) is 9.81. The largest absolute Gasteiger partial charge is 0.332 e. The van der Waals surface area contributed by atoms with Crippen LogP contribution in [-0.2, 0) is 7.05 Å². The second-order valence-electron chi connectivity index (χ2n) is 4.20. The van der Waals surface area contributed by atoms with Gasteiger partial charge < -0.3 is 14.8 Å². The minimum absolute atomic E-state index is 0.0911. The maximum Gasteiger partial charge on any atom is 0.272 e. The summed E-state index contributed by atoms with van der Waals surface area (Å²) in [5, 5.41) is 3.20. The molecular weight excluding hydrogens is 204 g/mol. The van der Waals surface area contributed by atoms with Gasteiger partial charge in [-0.1, -0.05) is 6.92 Å². The number of nitrogens with zero attached hydrogens (tertiary/aromatic N) is 3. The maximum absolute atomic E-state index is 12.3. The van der Waals surface area contributed by atoms with Gasteiger partial charge in [0.25, 0.3) is 5.91 Å². The highest BCUT2D eigenvalue weighted by molar-refractivity contribution is 5.92. The van der Waals surface area contributed by atoms with Crippen LogP contribution in [0.3, 0.4) is 0 Å². The number of aryl methyl sites for hydroxylation is 1. The van der Waals surface area contributed by atoms with E-state index in [-0.39, 0.29) is 5.91 Å². The van der Waals surface area contributed by atoms with Crippen LogP contribution >= 0.6 is 0 Å². The third kappa shape index (κ3) is 1.95. The average Bonchev–Trinajstić information content (AvgIpc) is 2.60. The summed E-state index contributed by atoms with van der Waals surface area (Å²) in [6.07, 6.45) is 4.29. The van der Waals surface area contributed by atoms with Crippen molar-refractivity contribution in [2.75, 3.05) is 19.6 Å². The van der Waals surface area contributed by atoms with Crippen LogP contribution in [0, 0.1) is 0 Å². The molecule has 1 aromatic rings. The Bertz CT molecular complexity index is 370. The quantitative estimate of drug-likeness (QED) is 0.794. The first-order valence-electron chi connectivity index (χ1n) is 5.72. The van der Waals surface area contributed by atoms with Gasteiger partial charge in [0.15, 0.2) is 0 Å². The van der Waals surface area contributed by atoms with Crippen LogP contribution in [-0.4, -0.2) is 46.0 Å². The Morgan fingerprint density at radius 2 is 2.44 bits per heavy atom. The Hall–Kier alpha value is -1.36. The number of rotatable bonds is 4. The van der Waals surface area contributed by atoms with Crippen LogP contribution in [0.1, 0.15) is 23.8 Å². The molecule has 0 atom stereocenters. The first kappa shape index (κ1) is 11.1. The van der Waals surface area contributed by atoms with Crippen LogP contribution in [0.4, 0.5) is 0 Å². The lowest BCUT2D eigenvalue weighted by molar-refractivity contribution is 0.0606. The number of nitrogens with one attached hydrogen (secondary N) is 1. The Balaban J connectivity index is 2.13. The van der Waals surface area contributed by atoms with Crippen LogP contribution in [0.15, 0.2) is 12.5 Å². The third-order valence-corrected chi connectivity index (χ3v) is 2.96. The summed E-state index contributed by atoms with van der Waals surface area (Å²) in [6.45, 7) is 4.72. The number of carbonyl (C=O) groups is 1. The summed E-state index contributed by atoms with van der Waals surface area (Å²) in [7, 11) is 1.85. The van der Waals surface area contributed by atoms with Gasteiger partial charge in [-0.25, -0.2) is 4.98 Å². The topological polar surface area (TPSA) is 50.2 Å². The van der Waals surface area contributed by atoms with Crippen LogP contribution in [0.5, 0.6) is 0 Å². The Morgan fingerprint density at radius 3 is 2.88 bits per heavy atom. The molecule has 16 heavy (non-hydrogen) atoms. The first-order chi connectivity index (χ1) is 7.74. The van der Waals surface area contributed by atoms with Gasteiger partial charge in [-0.3, -0.25) is 4.79 Å². The lowest BCUT2D eigenvalue weighted by atomic mass is 10.1. The molecule has 5 nitrogen and oxygen atoms in total. The lowest BCUT2D eigenvalue weighted by Gasteiger charge is -2.38. The van der Waals surface area contributed by atoms with Gasteiger partial charge in [-0.05, 0) is 6.42 Å². The minimum atomic E-state index is 0.0911. The molecule has 1 fully saturated rings. The summed E-state index contributed by atoms with van der Waals surface area (Å²) in [6, 6.07) is 0.349. The fourth-order valence-electron chi connectivity index (χ4n) is 1.90. The fourth-order valence-corrected chi connectivity index (χ4v) is 1.90. The molecule has 0 radical (unpaired) electrons. The van der Waals surface area contributed by atoms with Crippen LogP contribution in [0.2, 0.25) is 0 Å². The molecule has 88 valence electrons. The van der Waals surface area contributed by atoms with Gasteiger partial charge in [0.2, 0.25) is 0 Å². The molecule has 1 aliphatic heterocycles. The summed E-state index contributed by atoms with van der Waals surface area (Å²) in [5.41, 5.74) is 0.667. The summed E-state index contributed by atoms with van der Waals surface area (Å²) >= 11 is 0. The van der Waals surface area contributed by atoms with E-state index < -0.39 is 0 Å². The molecule has 2 rings (SSSR count). The first-order valence-corrected chi connectivity index (χ1v) is 5.72. The molecule has 1 aromatic heterocycles. The average molecular weight is 222 g/mol. The number of hydrogen-bond donors (Lipinski definition) is 1. The Morgan fingerprint density at radius 1 is 1.69 bits per heavy atom. The van der Waals surface area contributed by atoms with Gasteiger partial charge in [0, 0.05) is 26.7 Å². The van der Waals surface area contributed by atoms with Gasteiger partial charge in [0.1, 0.15) is 5.69 Å². The molecule has 0 bridgehead atoms. The second-order valence-corrected chi connectivity index (χ2v) is 4.20. The van der Waals surface area contributed by atoms with E-state index >= 15 is 0 Å². The van der Waals surface area contributed by atoms with Crippen molar-refractivity contribution in [3.63, 3.8) is 0 Å². The normalized spacial score (nSPS) is 15.9. The zero-order valence-electron chi connectivity index (χ0n) is 9.81. The molecule has 1 aliphatic rings. The Kier molecular flexibility index (Phi) is 3.24. The van der Waals surface area contributed by atoms with E-state index in [1.54, 1.807) is 17.1 Å². The molecule has 1 saturated heterocycles. The third-order valence-electron chi connectivity index (χ3n) is 2.96. The molecule has 5 heteroatoms. The number of hydrogen-bond acceptors (Lipinski definition) is 3. The fraction of sp³-hybridized carbons (Fsp3) is 0.636. The summed E-state index contributed by atoms with van der Waals surface area (Å²) < 4.78 is 1.77. The maximum atomic E-state index is 12.3. The van der Waals surface area contributed by atoms with Crippen LogP contribution in [0.25, 0.3) is 0 Å². The van der Waals surface area contributed by atoms with E-state index in [2.05, 4.69) is 17.2 Å². The van der Waals surface area contributed by atoms with Crippen molar-refractivity contribution in [2.24, 2.45) is 7.05 Å². The second kappa shape index (κ2) is 4.65. The highest BCUT2D eigenvalue weighted by atomic mass is 16.2. The molecule has 1 N–H and O–H groups in total. The highest BCUT2D eigenvalue weighted by Crippen LogP contribution is 2.11. The SMILES string of the molecule is CCCN(C(=O)c1cncn1C)C1CNC1. The van der Waals surface area contributed by atoms with Gasteiger partial charge in [-0.15, -0.1) is 0 Å². The Labute approximate surface area is 95.5 Å². The van der Waals surface area contributed by atoms with Crippen molar-refractivity contribution in [1.29, 1.82) is 0 Å². The molecular formula is C11H18N4O. The molecule has 0 unspecified atom stereocenters. The predicted molar refractivity (Wildman–Crippen MR) is 61.2 cm³/mol. The van der Waals surface area contributed by atoms with E-state index in [0.717, 1.165) is 26.1 Å². The zero-order chi connectivity index (χ0) is 11.5. The number of amides is 1. The monoisotopic (exact) mass is 222 g/mol. The molecule has 0 spiro atoms. The van der Waals surface area contributed by atoms with Gasteiger partial charge in [-0.2, -0.15) is 0 Å². The predicted octanol–water partition coefficient (Wildman–Crippen LogP) is 0.244. The molecule has 0 aliphatic carbocycles. The van der Waals surface area contributed by atoms with E-state index in [1.165, 1.54) is 0 Å². The highest BCUT2D eigenvalue weighted by Gasteiger charge is 2.29. The van der Waals surface area contributed by atoms with E-state index in [9.17, 15) is 4.79 Å². The van der Waals surface area contributed by atoms with E-state index in [0.29, 0.717) is 11.7 Å². The van der Waals surface area contributed by atoms with Crippen molar-refractivity contribution in [3.8, 4) is 0 Å². The van der Waals surface area contributed by atoms with Crippen molar-refractivity contribution in [3.05, 3.63) is 18.2 Å². The van der Waals surface area contributed by atoms with Crippen molar-refractivity contribution in [1.82, 2.24) is 19.8 Å². The number of aromatic nitrogens is 2. The number of imidazole rings is 1. The molecule has 0 aromatic carbocycles. The molecule has 2 heterocycles. The molecule has 1 amide bonds.